The van der Waals surface area contributed by atoms with E-state index in [-0.39, 0.29) is 10.6 Å². The molecule has 0 aromatic heterocycles. The fourth-order valence-electron chi connectivity index (χ4n) is 4.66. The molecule has 1 aromatic carbocycles. The first-order valence-corrected chi connectivity index (χ1v) is 14.4. The first-order chi connectivity index (χ1) is 20.9. The van der Waals surface area contributed by atoms with E-state index in [1.165, 1.54) is 25.0 Å². The molecule has 2 fully saturated rings. The second-order valence-electron chi connectivity index (χ2n) is 11.2. The van der Waals surface area contributed by atoms with Gasteiger partial charge in [-0.2, -0.15) is 13.2 Å². The fourth-order valence-corrected chi connectivity index (χ4v) is 4.90. The highest BCUT2D eigenvalue weighted by Gasteiger charge is 2.43. The second kappa shape index (κ2) is 14.7. The first-order valence-electron chi connectivity index (χ1n) is 14.0. The molecule has 1 saturated carbocycles. The molecule has 1 spiro atoms. The lowest BCUT2D eigenvalue weighted by Gasteiger charge is -2.37. The zero-order valence-electron chi connectivity index (χ0n) is 24.5. The van der Waals surface area contributed by atoms with Crippen molar-refractivity contribution < 1.29 is 55.7 Å². The summed E-state index contributed by atoms with van der Waals surface area (Å²) in [7, 11) is 0. The molecule has 2 N–H and O–H groups in total. The number of benzene rings is 1. The van der Waals surface area contributed by atoms with Crippen LogP contribution in [0.25, 0.3) is 0 Å². The first kappa shape index (κ1) is 36.0. The van der Waals surface area contributed by atoms with Gasteiger partial charge in [-0.3, -0.25) is 4.90 Å². The van der Waals surface area contributed by atoms with Crippen molar-refractivity contribution >= 4 is 29.3 Å². The third-order valence-corrected chi connectivity index (χ3v) is 7.65. The highest BCUT2D eigenvalue weighted by Crippen LogP contribution is 2.38. The number of rotatable bonds is 5. The van der Waals surface area contributed by atoms with E-state index in [4.69, 9.17) is 26.3 Å². The van der Waals surface area contributed by atoms with Gasteiger partial charge in [-0.25, -0.2) is 9.59 Å². The van der Waals surface area contributed by atoms with Crippen LogP contribution in [0.3, 0.4) is 0 Å². The maximum absolute atomic E-state index is 12.4. The van der Waals surface area contributed by atoms with E-state index in [0.717, 1.165) is 54.3 Å². The number of alkyl halides is 6. The lowest BCUT2D eigenvalue weighted by Crippen LogP contribution is -2.44. The van der Waals surface area contributed by atoms with Crippen LogP contribution in [0, 0.1) is 5.92 Å². The number of likely N-dealkylation sites (tertiary alicyclic amines) is 1. The fraction of sp³-hybridized carbons (Fsp3) is 0.500. The van der Waals surface area contributed by atoms with Gasteiger partial charge in [0.05, 0.1) is 16.3 Å². The van der Waals surface area contributed by atoms with Crippen LogP contribution in [0.4, 0.5) is 26.3 Å². The highest BCUT2D eigenvalue weighted by molar-refractivity contribution is 6.32. The van der Waals surface area contributed by atoms with Crippen molar-refractivity contribution in [2.75, 3.05) is 13.1 Å². The predicted octanol–water partition coefficient (Wildman–Crippen LogP) is 7.69. The van der Waals surface area contributed by atoms with Crippen molar-refractivity contribution in [3.05, 3.63) is 63.7 Å². The van der Waals surface area contributed by atoms with Crippen LogP contribution in [0.1, 0.15) is 57.9 Å². The Kier molecular flexibility index (Phi) is 11.8. The van der Waals surface area contributed by atoms with Crippen LogP contribution in [-0.4, -0.2) is 64.0 Å². The number of nitrogens with zero attached hydrogens (tertiary/aromatic N) is 2. The minimum Gasteiger partial charge on any atom is -0.478 e. The molecule has 0 bridgehead atoms. The molecule has 0 radical (unpaired) electrons. The topological polar surface area (TPSA) is 109 Å². The van der Waals surface area contributed by atoms with E-state index >= 15 is 0 Å². The van der Waals surface area contributed by atoms with Gasteiger partial charge in [0.2, 0.25) is 0 Å². The Hall–Kier alpha value is -3.52. The maximum Gasteiger partial charge on any atom is 0.573 e. The zero-order chi connectivity index (χ0) is 33.6. The Balaban J connectivity index is 0.000000425. The van der Waals surface area contributed by atoms with Crippen LogP contribution in [0.2, 0.25) is 5.02 Å². The molecule has 1 aromatic rings. The quantitative estimate of drug-likeness (QED) is 0.310. The summed E-state index contributed by atoms with van der Waals surface area (Å²) < 4.78 is 73.0. The van der Waals surface area contributed by atoms with Gasteiger partial charge in [-0.05, 0) is 54.2 Å². The molecule has 8 nitrogen and oxygen atoms in total. The predicted molar refractivity (Wildman–Crippen MR) is 153 cm³/mol. The standard InChI is InChI=1S/C24H24ClF3N2O4.C4H8.C2HF3O2/c1-15-11-17(22(31)32)3-2-4-18(15)20-13-23(34-29-20)7-9-30(10-8-23)14-16-5-6-21(19(25)12-16)33-24(26,27)28;1-4-2-3-4;3-2(4,5)1(6)7/h3-6,11-12H,2,7-10,13-14H2,1H3,(H,31,32);4H,2-3H2,1H3;(H,6,7). The van der Waals surface area contributed by atoms with Crippen molar-refractivity contribution in [1.29, 1.82) is 0 Å². The van der Waals surface area contributed by atoms with Gasteiger partial charge < -0.3 is 19.8 Å². The minimum atomic E-state index is -5.08. The lowest BCUT2D eigenvalue weighted by molar-refractivity contribution is -0.274. The molecule has 2 heterocycles. The Morgan fingerprint density at radius 1 is 1.11 bits per heavy atom. The summed E-state index contributed by atoms with van der Waals surface area (Å²) in [6, 6.07) is 4.31. The van der Waals surface area contributed by atoms with E-state index in [1.807, 2.05) is 13.0 Å². The highest BCUT2D eigenvalue weighted by atomic mass is 35.5. The molecular weight excluding hydrogens is 634 g/mol. The van der Waals surface area contributed by atoms with Crippen molar-refractivity contribution in [1.82, 2.24) is 4.90 Å². The number of allylic oxidation sites excluding steroid dienone is 4. The number of carboxylic acids is 2. The van der Waals surface area contributed by atoms with Crippen molar-refractivity contribution in [3.8, 4) is 5.75 Å². The Morgan fingerprint density at radius 3 is 2.20 bits per heavy atom. The monoisotopic (exact) mass is 666 g/mol. The molecular formula is C30H33ClF6N2O6. The van der Waals surface area contributed by atoms with E-state index < -0.39 is 35.8 Å². The van der Waals surface area contributed by atoms with Gasteiger partial charge in [-0.15, -0.1) is 13.2 Å². The number of ether oxygens (including phenoxy) is 1. The molecule has 4 aliphatic rings. The van der Waals surface area contributed by atoms with E-state index in [0.29, 0.717) is 19.4 Å². The molecule has 0 unspecified atom stereocenters. The summed E-state index contributed by atoms with van der Waals surface area (Å²) in [4.78, 5) is 28.3. The van der Waals surface area contributed by atoms with E-state index in [1.54, 1.807) is 18.2 Å². The van der Waals surface area contributed by atoms with Gasteiger partial charge in [-0.1, -0.05) is 54.7 Å². The minimum absolute atomic E-state index is 0.0823. The molecule has 2 aliphatic carbocycles. The van der Waals surface area contributed by atoms with Gasteiger partial charge in [0.1, 0.15) is 11.4 Å². The number of aliphatic carboxylic acids is 2. The summed E-state index contributed by atoms with van der Waals surface area (Å²) in [5, 5.41) is 20.7. The third-order valence-electron chi connectivity index (χ3n) is 7.36. The van der Waals surface area contributed by atoms with Crippen LogP contribution in [-0.2, 0) is 21.0 Å². The van der Waals surface area contributed by atoms with Crippen LogP contribution in [0.5, 0.6) is 5.75 Å². The Labute approximate surface area is 260 Å². The zero-order valence-corrected chi connectivity index (χ0v) is 25.2. The van der Waals surface area contributed by atoms with Crippen molar-refractivity contribution in [2.45, 2.75) is 77.1 Å². The average Bonchev–Trinajstić information content (AvgIpc) is 3.66. The Morgan fingerprint density at radius 2 is 1.71 bits per heavy atom. The summed E-state index contributed by atoms with van der Waals surface area (Å²) in [6.45, 7) is 6.17. The molecule has 248 valence electrons. The maximum atomic E-state index is 12.4. The van der Waals surface area contributed by atoms with Gasteiger partial charge >= 0.3 is 24.5 Å². The number of piperidine rings is 1. The summed E-state index contributed by atoms with van der Waals surface area (Å²) in [6.07, 6.45) is 1.08. The van der Waals surface area contributed by atoms with Gasteiger partial charge in [0, 0.05) is 38.9 Å². The van der Waals surface area contributed by atoms with Crippen molar-refractivity contribution in [3.63, 3.8) is 0 Å². The van der Waals surface area contributed by atoms with Crippen LogP contribution >= 0.6 is 11.6 Å². The number of oxime groups is 1. The molecule has 5 rings (SSSR count). The molecule has 15 heteroatoms. The Bertz CT molecular complexity index is 1370. The van der Waals surface area contributed by atoms with Crippen molar-refractivity contribution in [2.24, 2.45) is 11.1 Å². The number of halogens is 7. The molecule has 1 saturated heterocycles. The molecule has 45 heavy (non-hydrogen) atoms. The summed E-state index contributed by atoms with van der Waals surface area (Å²) in [5.41, 5.74) is 3.26. The normalized spacial score (nSPS) is 19.7. The largest absolute Gasteiger partial charge is 0.573 e. The molecule has 0 amide bonds. The van der Waals surface area contributed by atoms with E-state index in [9.17, 15) is 36.2 Å². The summed E-state index contributed by atoms with van der Waals surface area (Å²) >= 11 is 5.97. The SMILES string of the molecule is CC1=CC(C(=O)O)=CCC=C1C1=NOC2(CCN(Cc3ccc(OC(F)(F)F)c(Cl)c3)CC2)C1.CC1CC1.O=C(O)C(F)(F)F. The number of carbonyl (C=O) groups is 2. The van der Waals surface area contributed by atoms with E-state index in [2.05, 4.69) is 21.7 Å². The second-order valence-corrected chi connectivity index (χ2v) is 11.6. The number of carboxylic acid groups (broad SMARTS) is 2. The third kappa shape index (κ3) is 11.4. The molecule has 2 aliphatic heterocycles. The lowest BCUT2D eigenvalue weighted by atomic mass is 9.84. The number of hydrogen-bond donors (Lipinski definition) is 2. The van der Waals surface area contributed by atoms with Crippen LogP contribution < -0.4 is 4.74 Å². The van der Waals surface area contributed by atoms with Gasteiger partial charge in [0.15, 0.2) is 0 Å². The van der Waals surface area contributed by atoms with Gasteiger partial charge in [0.25, 0.3) is 0 Å². The van der Waals surface area contributed by atoms with Crippen LogP contribution in [0.15, 0.2) is 58.3 Å². The molecule has 0 atom stereocenters. The smallest absolute Gasteiger partial charge is 0.478 e. The summed E-state index contributed by atoms with van der Waals surface area (Å²) in [5.74, 6) is -3.04. The number of hydrogen-bond acceptors (Lipinski definition) is 6. The average molecular weight is 667 g/mol.